The lowest BCUT2D eigenvalue weighted by Crippen LogP contribution is -2.51. The van der Waals surface area contributed by atoms with E-state index in [1.54, 1.807) is 23.1 Å². The Balaban J connectivity index is 2.28. The molecular weight excluding hydrogens is 286 g/mol. The molecule has 6 heteroatoms. The van der Waals surface area contributed by atoms with Crippen LogP contribution in [0.3, 0.4) is 0 Å². The molecule has 2 amide bonds. The molecule has 1 fully saturated rings. The van der Waals surface area contributed by atoms with Crippen molar-refractivity contribution in [3.63, 3.8) is 0 Å². The van der Waals surface area contributed by atoms with Gasteiger partial charge in [0.25, 0.3) is 0 Å². The highest BCUT2D eigenvalue weighted by Gasteiger charge is 2.22. The number of carbonyl (C=O) groups excluding carboxylic acids is 2. The number of piperazine rings is 1. The molecule has 1 aromatic rings. The lowest BCUT2D eigenvalue weighted by molar-refractivity contribution is -0.130. The largest absolute Gasteiger partial charge is 0.353 e. The number of nitriles is 1. The molecule has 1 aliphatic rings. The summed E-state index contributed by atoms with van der Waals surface area (Å²) < 4.78 is 0.649. The molecule has 0 atom stereocenters. The van der Waals surface area contributed by atoms with E-state index in [1.165, 1.54) is 0 Å². The van der Waals surface area contributed by atoms with Gasteiger partial charge in [0, 0.05) is 10.2 Å². The average molecular weight is 294 g/mol. The third kappa shape index (κ3) is 2.45. The van der Waals surface area contributed by atoms with Crippen LogP contribution in [0, 0.1) is 11.3 Å². The van der Waals surface area contributed by atoms with Crippen molar-refractivity contribution in [2.45, 2.75) is 0 Å². The quantitative estimate of drug-likeness (QED) is 0.777. The minimum absolute atomic E-state index is 0.143. The summed E-state index contributed by atoms with van der Waals surface area (Å²) in [5, 5.41) is 11.0. The predicted octanol–water partition coefficient (Wildman–Crippen LogP) is 0.784. The number of nitrogens with one attached hydrogen (secondary N) is 1. The molecule has 2 rings (SSSR count). The summed E-state index contributed by atoms with van der Waals surface area (Å²) in [4.78, 5) is 24.1. The maximum Gasteiger partial charge on any atom is 0.246 e. The summed E-state index contributed by atoms with van der Waals surface area (Å²) in [5.74, 6) is -0.636. The molecule has 0 spiro atoms. The van der Waals surface area contributed by atoms with Crippen molar-refractivity contribution in [2.24, 2.45) is 0 Å². The highest BCUT2D eigenvalue weighted by molar-refractivity contribution is 9.10. The molecular formula is C11H8BrN3O2. The van der Waals surface area contributed by atoms with Gasteiger partial charge in [0.15, 0.2) is 0 Å². The topological polar surface area (TPSA) is 73.2 Å². The molecule has 1 heterocycles. The van der Waals surface area contributed by atoms with Crippen LogP contribution in [0.4, 0.5) is 5.69 Å². The zero-order valence-corrected chi connectivity index (χ0v) is 10.3. The van der Waals surface area contributed by atoms with Crippen LogP contribution in [0.1, 0.15) is 5.56 Å². The summed E-state index contributed by atoms with van der Waals surface area (Å²) in [6.07, 6.45) is 0. The van der Waals surface area contributed by atoms with Crippen LogP contribution in [-0.4, -0.2) is 24.9 Å². The molecule has 0 radical (unpaired) electrons. The van der Waals surface area contributed by atoms with Gasteiger partial charge in [0.2, 0.25) is 11.8 Å². The molecule has 1 N–H and O–H groups in total. The lowest BCUT2D eigenvalue weighted by atomic mass is 10.2. The number of hydrogen-bond donors (Lipinski definition) is 1. The Bertz CT molecular complexity index is 520. The smallest absolute Gasteiger partial charge is 0.246 e. The number of amides is 2. The summed E-state index contributed by atoms with van der Waals surface area (Å²) in [7, 11) is 0. The normalized spacial score (nSPS) is 15.4. The van der Waals surface area contributed by atoms with Crippen molar-refractivity contribution in [1.29, 1.82) is 5.26 Å². The van der Waals surface area contributed by atoms with E-state index in [0.29, 0.717) is 10.0 Å². The van der Waals surface area contributed by atoms with Gasteiger partial charge in [-0.3, -0.25) is 14.9 Å². The third-order valence-electron chi connectivity index (χ3n) is 2.39. The van der Waals surface area contributed by atoms with Crippen molar-refractivity contribution in [3.8, 4) is 6.07 Å². The second kappa shape index (κ2) is 4.55. The van der Waals surface area contributed by atoms with Crippen molar-refractivity contribution in [3.05, 3.63) is 28.2 Å². The van der Waals surface area contributed by atoms with Gasteiger partial charge in [-0.1, -0.05) is 0 Å². The zero-order chi connectivity index (χ0) is 12.4. The van der Waals surface area contributed by atoms with Gasteiger partial charge in [-0.2, -0.15) is 5.26 Å². The lowest BCUT2D eigenvalue weighted by Gasteiger charge is -2.27. The Kier molecular flexibility index (Phi) is 3.11. The molecule has 0 aliphatic carbocycles. The number of carbonyl (C=O) groups is 2. The fraction of sp³-hybridized carbons (Fsp3) is 0.182. The van der Waals surface area contributed by atoms with E-state index in [2.05, 4.69) is 21.2 Å². The van der Waals surface area contributed by atoms with Crippen LogP contribution in [-0.2, 0) is 9.59 Å². The highest BCUT2D eigenvalue weighted by Crippen LogP contribution is 2.24. The van der Waals surface area contributed by atoms with Crippen molar-refractivity contribution in [2.75, 3.05) is 18.0 Å². The number of imide groups is 1. The third-order valence-corrected chi connectivity index (χ3v) is 3.04. The van der Waals surface area contributed by atoms with Crippen LogP contribution in [0.5, 0.6) is 0 Å². The molecule has 0 aromatic heterocycles. The van der Waals surface area contributed by atoms with Gasteiger partial charge in [-0.05, 0) is 34.1 Å². The van der Waals surface area contributed by atoms with E-state index < -0.39 is 0 Å². The minimum Gasteiger partial charge on any atom is -0.353 e. The number of nitrogens with zero attached hydrogens (tertiary/aromatic N) is 2. The first-order valence-corrected chi connectivity index (χ1v) is 5.67. The maximum absolute atomic E-state index is 11.2. The van der Waals surface area contributed by atoms with Gasteiger partial charge in [-0.25, -0.2) is 0 Å². The Labute approximate surface area is 106 Å². The Morgan fingerprint density at radius 1 is 1.29 bits per heavy atom. The molecule has 0 bridgehead atoms. The van der Waals surface area contributed by atoms with Gasteiger partial charge in [-0.15, -0.1) is 0 Å². The van der Waals surface area contributed by atoms with Crippen molar-refractivity contribution < 1.29 is 9.59 Å². The first kappa shape index (κ1) is 11.6. The average Bonchev–Trinajstić information content (AvgIpc) is 2.27. The Morgan fingerprint density at radius 2 is 1.94 bits per heavy atom. The standard InChI is InChI=1S/C11H8BrN3O2/c12-9-3-8(2-1-7(9)4-13)15-5-10(16)14-11(17)6-15/h1-3H,5-6H2,(H,14,16,17). The van der Waals surface area contributed by atoms with E-state index >= 15 is 0 Å². The zero-order valence-electron chi connectivity index (χ0n) is 8.74. The number of rotatable bonds is 1. The Morgan fingerprint density at radius 3 is 2.47 bits per heavy atom. The fourth-order valence-corrected chi connectivity index (χ4v) is 2.07. The molecule has 86 valence electrons. The number of anilines is 1. The minimum atomic E-state index is -0.318. The summed E-state index contributed by atoms with van der Waals surface area (Å²) in [6.45, 7) is 0.286. The highest BCUT2D eigenvalue weighted by atomic mass is 79.9. The second-order valence-corrected chi connectivity index (χ2v) is 4.46. The first-order valence-electron chi connectivity index (χ1n) is 4.87. The van der Waals surface area contributed by atoms with E-state index in [-0.39, 0.29) is 24.9 Å². The Hall–Kier alpha value is -1.87. The second-order valence-electron chi connectivity index (χ2n) is 3.60. The number of hydrogen-bond acceptors (Lipinski definition) is 4. The predicted molar refractivity (Wildman–Crippen MR) is 64.2 cm³/mol. The molecule has 1 saturated heterocycles. The van der Waals surface area contributed by atoms with Crippen molar-refractivity contribution in [1.82, 2.24) is 5.32 Å². The number of benzene rings is 1. The molecule has 5 nitrogen and oxygen atoms in total. The van der Waals surface area contributed by atoms with Crippen LogP contribution >= 0.6 is 15.9 Å². The van der Waals surface area contributed by atoms with Crippen LogP contribution in [0.15, 0.2) is 22.7 Å². The summed E-state index contributed by atoms with van der Waals surface area (Å²) >= 11 is 3.27. The van der Waals surface area contributed by atoms with E-state index in [4.69, 9.17) is 5.26 Å². The fourth-order valence-electron chi connectivity index (χ4n) is 1.61. The number of halogens is 1. The molecule has 0 saturated carbocycles. The maximum atomic E-state index is 11.2. The SMILES string of the molecule is N#Cc1ccc(N2CC(=O)NC(=O)C2)cc1Br. The van der Waals surface area contributed by atoms with Crippen LogP contribution in [0.25, 0.3) is 0 Å². The summed E-state index contributed by atoms with van der Waals surface area (Å²) in [6, 6.07) is 7.12. The van der Waals surface area contributed by atoms with E-state index in [9.17, 15) is 9.59 Å². The van der Waals surface area contributed by atoms with Gasteiger partial charge in [0.05, 0.1) is 18.7 Å². The first-order chi connectivity index (χ1) is 8.10. The molecule has 17 heavy (non-hydrogen) atoms. The van der Waals surface area contributed by atoms with Gasteiger partial charge in [0.1, 0.15) is 6.07 Å². The van der Waals surface area contributed by atoms with Crippen molar-refractivity contribution >= 4 is 33.4 Å². The van der Waals surface area contributed by atoms with Crippen LogP contribution < -0.4 is 10.2 Å². The van der Waals surface area contributed by atoms with Gasteiger partial charge >= 0.3 is 0 Å². The molecule has 1 aliphatic heterocycles. The van der Waals surface area contributed by atoms with Crippen LogP contribution in [0.2, 0.25) is 0 Å². The van der Waals surface area contributed by atoms with Gasteiger partial charge < -0.3 is 4.90 Å². The summed E-state index contributed by atoms with van der Waals surface area (Å²) in [5.41, 5.74) is 1.25. The monoisotopic (exact) mass is 293 g/mol. The van der Waals surface area contributed by atoms with E-state index in [0.717, 1.165) is 5.69 Å². The molecule has 0 unspecified atom stereocenters. The van der Waals surface area contributed by atoms with E-state index in [1.807, 2.05) is 6.07 Å². The molecule has 1 aromatic carbocycles.